The molecule has 7 heteroatoms. The Labute approximate surface area is 209 Å². The van der Waals surface area contributed by atoms with Crippen molar-refractivity contribution >= 4 is 35.2 Å². The van der Waals surface area contributed by atoms with Gasteiger partial charge in [-0.25, -0.2) is 4.79 Å². The quantitative estimate of drug-likeness (QED) is 0.320. The lowest BCUT2D eigenvalue weighted by molar-refractivity contribution is -0.127. The van der Waals surface area contributed by atoms with E-state index in [9.17, 15) is 14.4 Å². The number of ether oxygens (including phenoxy) is 1. The molecule has 180 valence electrons. The standard InChI is InChI=1S/C28H28N2O4S/c31-26(30(23-13-5-2-6-14-23)19-22-11-3-1-4-12-22)20-34-28(33)24-15-7-8-16-25(24)35-21-27(32)29-17-9-10-18-29/h1-8,11-16H,9-10,17-21H2. The van der Waals surface area contributed by atoms with Crippen LogP contribution in [0.15, 0.2) is 89.8 Å². The number of thioether (sulfide) groups is 1. The fourth-order valence-electron chi connectivity index (χ4n) is 3.94. The van der Waals surface area contributed by atoms with Gasteiger partial charge in [-0.05, 0) is 42.7 Å². The van der Waals surface area contributed by atoms with Crippen molar-refractivity contribution < 1.29 is 19.1 Å². The summed E-state index contributed by atoms with van der Waals surface area (Å²) in [5.41, 5.74) is 2.06. The molecule has 0 N–H and O–H groups in total. The maximum absolute atomic E-state index is 13.1. The van der Waals surface area contributed by atoms with Crippen molar-refractivity contribution in [3.05, 3.63) is 96.1 Å². The third kappa shape index (κ3) is 6.73. The zero-order valence-electron chi connectivity index (χ0n) is 19.5. The van der Waals surface area contributed by atoms with Crippen LogP contribution in [-0.4, -0.2) is 48.1 Å². The first-order chi connectivity index (χ1) is 17.1. The molecule has 1 heterocycles. The second kappa shape index (κ2) is 12.2. The highest BCUT2D eigenvalue weighted by Gasteiger charge is 2.22. The van der Waals surface area contributed by atoms with Crippen LogP contribution in [0.2, 0.25) is 0 Å². The SMILES string of the molecule is O=C(OCC(=O)N(Cc1ccccc1)c1ccccc1)c1ccccc1SCC(=O)N1CCCC1. The van der Waals surface area contributed by atoms with Gasteiger partial charge < -0.3 is 14.5 Å². The van der Waals surface area contributed by atoms with Crippen molar-refractivity contribution in [1.82, 2.24) is 4.90 Å². The zero-order chi connectivity index (χ0) is 24.5. The monoisotopic (exact) mass is 488 g/mol. The normalized spacial score (nSPS) is 12.9. The molecule has 1 aliphatic heterocycles. The molecular formula is C28H28N2O4S. The van der Waals surface area contributed by atoms with E-state index >= 15 is 0 Å². The predicted octanol–water partition coefficient (Wildman–Crippen LogP) is 4.79. The summed E-state index contributed by atoms with van der Waals surface area (Å²) in [5.74, 6) is -0.557. The van der Waals surface area contributed by atoms with Crippen LogP contribution in [0.1, 0.15) is 28.8 Å². The van der Waals surface area contributed by atoms with Crippen LogP contribution in [0.4, 0.5) is 5.69 Å². The lowest BCUT2D eigenvalue weighted by Gasteiger charge is -2.23. The van der Waals surface area contributed by atoms with Crippen LogP contribution in [0.3, 0.4) is 0 Å². The first-order valence-electron chi connectivity index (χ1n) is 11.7. The summed E-state index contributed by atoms with van der Waals surface area (Å²) in [4.78, 5) is 42.6. The lowest BCUT2D eigenvalue weighted by atomic mass is 10.2. The van der Waals surface area contributed by atoms with Crippen molar-refractivity contribution in [2.75, 3.05) is 30.3 Å². The van der Waals surface area contributed by atoms with Gasteiger partial charge in [-0.2, -0.15) is 0 Å². The van der Waals surface area contributed by atoms with Gasteiger partial charge >= 0.3 is 5.97 Å². The number of rotatable bonds is 9. The Morgan fingerprint density at radius 1 is 0.829 bits per heavy atom. The molecule has 0 aromatic heterocycles. The first kappa shape index (κ1) is 24.5. The van der Waals surface area contributed by atoms with Crippen LogP contribution >= 0.6 is 11.8 Å². The Bertz CT molecular complexity index is 1150. The summed E-state index contributed by atoms with van der Waals surface area (Å²) in [5, 5.41) is 0. The molecule has 1 fully saturated rings. The topological polar surface area (TPSA) is 66.9 Å². The van der Waals surface area contributed by atoms with Gasteiger partial charge in [0.05, 0.1) is 17.9 Å². The molecule has 0 unspecified atom stereocenters. The van der Waals surface area contributed by atoms with Gasteiger partial charge in [0.25, 0.3) is 5.91 Å². The molecule has 2 amide bonds. The lowest BCUT2D eigenvalue weighted by Crippen LogP contribution is -2.34. The summed E-state index contributed by atoms with van der Waals surface area (Å²) < 4.78 is 5.44. The summed E-state index contributed by atoms with van der Waals surface area (Å²) in [6, 6.07) is 26.0. The van der Waals surface area contributed by atoms with E-state index in [0.717, 1.165) is 37.2 Å². The Hall–Kier alpha value is -3.58. The first-order valence-corrected chi connectivity index (χ1v) is 12.7. The van der Waals surface area contributed by atoms with Crippen LogP contribution in [-0.2, 0) is 20.9 Å². The second-order valence-electron chi connectivity index (χ2n) is 8.25. The average Bonchev–Trinajstić information content (AvgIpc) is 3.45. The number of benzene rings is 3. The summed E-state index contributed by atoms with van der Waals surface area (Å²) in [7, 11) is 0. The summed E-state index contributed by atoms with van der Waals surface area (Å²) in [6.07, 6.45) is 2.08. The van der Waals surface area contributed by atoms with E-state index in [1.54, 1.807) is 23.1 Å². The van der Waals surface area contributed by atoms with Gasteiger partial charge in [-0.15, -0.1) is 11.8 Å². The molecule has 0 bridgehead atoms. The number of likely N-dealkylation sites (tertiary alicyclic amines) is 1. The van der Waals surface area contributed by atoms with Crippen molar-refractivity contribution in [3.63, 3.8) is 0 Å². The number of nitrogens with zero attached hydrogens (tertiary/aromatic N) is 2. The smallest absolute Gasteiger partial charge is 0.339 e. The van der Waals surface area contributed by atoms with Crippen LogP contribution < -0.4 is 4.90 Å². The highest BCUT2D eigenvalue weighted by Crippen LogP contribution is 2.25. The summed E-state index contributed by atoms with van der Waals surface area (Å²) >= 11 is 1.32. The largest absolute Gasteiger partial charge is 0.452 e. The number of amides is 2. The highest BCUT2D eigenvalue weighted by atomic mass is 32.2. The predicted molar refractivity (Wildman–Crippen MR) is 137 cm³/mol. The molecule has 1 aliphatic rings. The van der Waals surface area contributed by atoms with Gasteiger partial charge in [0.1, 0.15) is 0 Å². The van der Waals surface area contributed by atoms with Gasteiger partial charge in [0.2, 0.25) is 5.91 Å². The van der Waals surface area contributed by atoms with Crippen molar-refractivity contribution in [2.24, 2.45) is 0 Å². The van der Waals surface area contributed by atoms with E-state index in [0.29, 0.717) is 17.0 Å². The number of para-hydroxylation sites is 1. The Morgan fingerprint density at radius 2 is 1.46 bits per heavy atom. The molecule has 0 radical (unpaired) electrons. The van der Waals surface area contributed by atoms with Crippen molar-refractivity contribution in [2.45, 2.75) is 24.3 Å². The van der Waals surface area contributed by atoms with Crippen molar-refractivity contribution in [3.8, 4) is 0 Å². The molecule has 4 rings (SSSR count). The van der Waals surface area contributed by atoms with E-state index < -0.39 is 5.97 Å². The molecule has 3 aromatic carbocycles. The maximum Gasteiger partial charge on any atom is 0.339 e. The number of anilines is 1. The highest BCUT2D eigenvalue weighted by molar-refractivity contribution is 8.00. The van der Waals surface area contributed by atoms with Crippen LogP contribution in [0.5, 0.6) is 0 Å². The van der Waals surface area contributed by atoms with Gasteiger partial charge in [-0.1, -0.05) is 60.7 Å². The van der Waals surface area contributed by atoms with Gasteiger partial charge in [-0.3, -0.25) is 9.59 Å². The molecule has 0 aliphatic carbocycles. The maximum atomic E-state index is 13.1. The minimum atomic E-state index is -0.581. The third-order valence-corrected chi connectivity index (χ3v) is 6.85. The molecule has 0 atom stereocenters. The van der Waals surface area contributed by atoms with E-state index in [4.69, 9.17) is 4.74 Å². The summed E-state index contributed by atoms with van der Waals surface area (Å²) in [6.45, 7) is 1.58. The van der Waals surface area contributed by atoms with Crippen LogP contribution in [0, 0.1) is 0 Å². The Kier molecular flexibility index (Phi) is 8.57. The average molecular weight is 489 g/mol. The second-order valence-corrected chi connectivity index (χ2v) is 9.27. The molecular weight excluding hydrogens is 460 g/mol. The molecule has 35 heavy (non-hydrogen) atoms. The number of carbonyl (C=O) groups excluding carboxylic acids is 3. The van der Waals surface area contributed by atoms with Crippen molar-refractivity contribution in [1.29, 1.82) is 0 Å². The number of carbonyl (C=O) groups is 3. The molecule has 1 saturated heterocycles. The number of hydrogen-bond acceptors (Lipinski definition) is 5. The third-order valence-electron chi connectivity index (χ3n) is 5.80. The Morgan fingerprint density at radius 3 is 2.17 bits per heavy atom. The van der Waals surface area contributed by atoms with E-state index in [1.165, 1.54) is 11.8 Å². The van der Waals surface area contributed by atoms with Gasteiger partial charge in [0.15, 0.2) is 6.61 Å². The van der Waals surface area contributed by atoms with Crippen LogP contribution in [0.25, 0.3) is 0 Å². The number of esters is 1. The molecule has 3 aromatic rings. The fraction of sp³-hybridized carbons (Fsp3) is 0.250. The molecule has 0 saturated carbocycles. The molecule has 6 nitrogen and oxygen atoms in total. The van der Waals surface area contributed by atoms with E-state index in [2.05, 4.69) is 0 Å². The Balaban J connectivity index is 1.40. The van der Waals surface area contributed by atoms with Gasteiger partial charge in [0, 0.05) is 23.7 Å². The number of hydrogen-bond donors (Lipinski definition) is 0. The van der Waals surface area contributed by atoms with E-state index in [-0.39, 0.29) is 24.2 Å². The molecule has 0 spiro atoms. The minimum absolute atomic E-state index is 0.0743. The van der Waals surface area contributed by atoms with E-state index in [1.807, 2.05) is 71.6 Å². The zero-order valence-corrected chi connectivity index (χ0v) is 20.3. The fourth-order valence-corrected chi connectivity index (χ4v) is 4.88. The minimum Gasteiger partial charge on any atom is -0.452 e.